The molecule has 1 aromatic rings. The number of carbonyl (C=O) groups excluding carboxylic acids is 2. The summed E-state index contributed by atoms with van der Waals surface area (Å²) < 4.78 is 4.43. The number of anilines is 1. The number of ether oxygens (including phenoxy) is 1. The van der Waals surface area contributed by atoms with Gasteiger partial charge < -0.3 is 4.74 Å². The summed E-state index contributed by atoms with van der Waals surface area (Å²) in [5, 5.41) is 12.6. The lowest BCUT2D eigenvalue weighted by atomic mass is 10.4. The number of pyridine rings is 1. The van der Waals surface area contributed by atoms with E-state index in [4.69, 9.17) is 0 Å². The molecular weight excluding hydrogens is 230 g/mol. The molecule has 17 heavy (non-hydrogen) atoms. The fourth-order valence-corrected chi connectivity index (χ4v) is 0.996. The van der Waals surface area contributed by atoms with Gasteiger partial charge in [-0.2, -0.15) is 0 Å². The average Bonchev–Trinajstić information content (AvgIpc) is 2.29. The number of nitrogens with zero attached hydrogens (tertiary/aromatic N) is 2. The van der Waals surface area contributed by atoms with E-state index in [1.165, 1.54) is 19.2 Å². The number of nitrogens with one attached hydrogen (secondary N) is 1. The predicted octanol–water partition coefficient (Wildman–Crippen LogP) is 0.491. The van der Waals surface area contributed by atoms with Gasteiger partial charge in [-0.1, -0.05) is 0 Å². The molecule has 8 nitrogen and oxygen atoms in total. The molecule has 0 saturated heterocycles. The summed E-state index contributed by atoms with van der Waals surface area (Å²) >= 11 is 0. The Kier molecular flexibility index (Phi) is 4.09. The minimum atomic E-state index is -1.12. The largest absolute Gasteiger partial charge is 0.459 e. The first kappa shape index (κ1) is 12.6. The summed E-state index contributed by atoms with van der Waals surface area (Å²) in [6, 6.07) is 2.51. The summed E-state index contributed by atoms with van der Waals surface area (Å²) in [4.78, 5) is 35.7. The van der Waals surface area contributed by atoms with Crippen LogP contribution in [0, 0.1) is 10.1 Å². The molecule has 1 N–H and O–H groups in total. The summed E-state index contributed by atoms with van der Waals surface area (Å²) in [5.74, 6) is -2.52. The molecule has 0 aromatic carbocycles. The lowest BCUT2D eigenvalue weighted by Gasteiger charge is -2.03. The Balaban J connectivity index is 2.85. The maximum atomic E-state index is 11.2. The van der Waals surface area contributed by atoms with Gasteiger partial charge in [-0.25, -0.2) is 9.78 Å². The second-order valence-corrected chi connectivity index (χ2v) is 2.80. The molecule has 0 bridgehead atoms. The molecule has 0 aliphatic carbocycles. The third kappa shape index (κ3) is 3.23. The first-order valence-electron chi connectivity index (χ1n) is 4.63. The van der Waals surface area contributed by atoms with Gasteiger partial charge in [0.2, 0.25) is 5.82 Å². The number of aromatic nitrogens is 1. The Morgan fingerprint density at radius 1 is 1.59 bits per heavy atom. The first-order valence-corrected chi connectivity index (χ1v) is 4.63. The van der Waals surface area contributed by atoms with Crippen LogP contribution in [0.3, 0.4) is 0 Å². The van der Waals surface area contributed by atoms with Crippen LogP contribution in [0.4, 0.5) is 11.5 Å². The normalized spacial score (nSPS) is 9.47. The second kappa shape index (κ2) is 5.54. The lowest BCUT2D eigenvalue weighted by molar-refractivity contribution is -0.384. The average molecular weight is 239 g/mol. The molecule has 0 fully saturated rings. The Morgan fingerprint density at radius 3 is 2.88 bits per heavy atom. The minimum Gasteiger partial charge on any atom is -0.459 e. The number of rotatable bonds is 3. The quantitative estimate of drug-likeness (QED) is 0.355. The highest BCUT2D eigenvalue weighted by Gasteiger charge is 2.21. The van der Waals surface area contributed by atoms with E-state index in [2.05, 4.69) is 9.72 Å². The number of hydrogen-bond acceptors (Lipinski definition) is 6. The van der Waals surface area contributed by atoms with Crippen molar-refractivity contribution < 1.29 is 19.2 Å². The number of nitro groups is 1. The van der Waals surface area contributed by atoms with Gasteiger partial charge in [0.25, 0.3) is 0 Å². The van der Waals surface area contributed by atoms with Crippen molar-refractivity contribution in [3.8, 4) is 0 Å². The van der Waals surface area contributed by atoms with Crippen LogP contribution >= 0.6 is 0 Å². The smallest absolute Gasteiger partial charge is 0.397 e. The third-order valence-electron chi connectivity index (χ3n) is 1.68. The van der Waals surface area contributed by atoms with Gasteiger partial charge >= 0.3 is 17.6 Å². The first-order chi connectivity index (χ1) is 8.06. The Hall–Kier alpha value is -2.51. The zero-order valence-corrected chi connectivity index (χ0v) is 8.87. The van der Waals surface area contributed by atoms with Crippen molar-refractivity contribution in [2.24, 2.45) is 0 Å². The lowest BCUT2D eigenvalue weighted by Crippen LogP contribution is -2.25. The van der Waals surface area contributed by atoms with E-state index < -0.39 is 22.5 Å². The fourth-order valence-electron chi connectivity index (χ4n) is 0.996. The molecule has 0 aliphatic rings. The molecule has 0 unspecified atom stereocenters. The van der Waals surface area contributed by atoms with Crippen LogP contribution in [-0.2, 0) is 14.3 Å². The molecule has 90 valence electrons. The Morgan fingerprint density at radius 2 is 2.29 bits per heavy atom. The van der Waals surface area contributed by atoms with Gasteiger partial charge in [-0.15, -0.1) is 0 Å². The van der Waals surface area contributed by atoms with Gasteiger partial charge in [0.1, 0.15) is 0 Å². The summed E-state index contributed by atoms with van der Waals surface area (Å²) in [6.07, 6.45) is 1.26. The van der Waals surface area contributed by atoms with Crippen molar-refractivity contribution in [3.63, 3.8) is 0 Å². The molecule has 1 amide bonds. The van der Waals surface area contributed by atoms with Crippen LogP contribution in [0.2, 0.25) is 0 Å². The van der Waals surface area contributed by atoms with Crippen molar-refractivity contribution in [2.45, 2.75) is 6.92 Å². The zero-order chi connectivity index (χ0) is 12.8. The van der Waals surface area contributed by atoms with Crippen LogP contribution in [0.5, 0.6) is 0 Å². The molecule has 0 spiro atoms. The standard InChI is InChI=1S/C9H9N3O5/c1-2-17-9(14)8(13)11-7-6(12(15)16)4-3-5-10-7/h3-5H,2H2,1H3,(H,10,11,13). The highest BCUT2D eigenvalue weighted by Crippen LogP contribution is 2.19. The molecule has 0 aliphatic heterocycles. The van der Waals surface area contributed by atoms with Gasteiger partial charge in [-0.05, 0) is 13.0 Å². The molecule has 1 rings (SSSR count). The molecule has 0 saturated carbocycles. The third-order valence-corrected chi connectivity index (χ3v) is 1.68. The molecule has 0 atom stereocenters. The van der Waals surface area contributed by atoms with Crippen LogP contribution in [0.25, 0.3) is 0 Å². The molecule has 0 radical (unpaired) electrons. The van der Waals surface area contributed by atoms with E-state index in [0.29, 0.717) is 0 Å². The summed E-state index contributed by atoms with van der Waals surface area (Å²) in [7, 11) is 0. The summed E-state index contributed by atoms with van der Waals surface area (Å²) in [5.41, 5.74) is -0.398. The van der Waals surface area contributed by atoms with Crippen molar-refractivity contribution in [1.82, 2.24) is 4.98 Å². The van der Waals surface area contributed by atoms with E-state index in [1.807, 2.05) is 5.32 Å². The molecular formula is C9H9N3O5. The number of esters is 1. The zero-order valence-electron chi connectivity index (χ0n) is 8.87. The topological polar surface area (TPSA) is 111 Å². The van der Waals surface area contributed by atoms with E-state index in [-0.39, 0.29) is 12.4 Å². The Bertz CT molecular complexity index is 460. The van der Waals surface area contributed by atoms with E-state index in [1.54, 1.807) is 0 Å². The Labute approximate surface area is 95.8 Å². The maximum Gasteiger partial charge on any atom is 0.397 e. The van der Waals surface area contributed by atoms with E-state index >= 15 is 0 Å². The highest BCUT2D eigenvalue weighted by atomic mass is 16.6. The second-order valence-electron chi connectivity index (χ2n) is 2.80. The monoisotopic (exact) mass is 239 g/mol. The van der Waals surface area contributed by atoms with Crippen molar-refractivity contribution in [2.75, 3.05) is 11.9 Å². The van der Waals surface area contributed by atoms with Crippen molar-refractivity contribution in [3.05, 3.63) is 28.4 Å². The SMILES string of the molecule is CCOC(=O)C(=O)Nc1ncccc1[N+](=O)[O-]. The predicted molar refractivity (Wildman–Crippen MR) is 56.2 cm³/mol. The van der Waals surface area contributed by atoms with Crippen LogP contribution < -0.4 is 5.32 Å². The van der Waals surface area contributed by atoms with E-state index in [0.717, 1.165) is 6.07 Å². The van der Waals surface area contributed by atoms with Crippen LogP contribution in [0.15, 0.2) is 18.3 Å². The highest BCUT2D eigenvalue weighted by molar-refractivity contribution is 6.37. The van der Waals surface area contributed by atoms with Crippen LogP contribution in [0.1, 0.15) is 6.92 Å². The van der Waals surface area contributed by atoms with Gasteiger partial charge in [0, 0.05) is 12.3 Å². The molecule has 1 heterocycles. The van der Waals surface area contributed by atoms with Crippen LogP contribution in [-0.4, -0.2) is 28.4 Å². The minimum absolute atomic E-state index is 0.0383. The van der Waals surface area contributed by atoms with Gasteiger partial charge in [-0.3, -0.25) is 20.2 Å². The number of carbonyl (C=O) groups is 2. The molecule has 8 heteroatoms. The number of amides is 1. The van der Waals surface area contributed by atoms with Crippen molar-refractivity contribution in [1.29, 1.82) is 0 Å². The fraction of sp³-hybridized carbons (Fsp3) is 0.222. The molecule has 1 aromatic heterocycles. The van der Waals surface area contributed by atoms with E-state index in [9.17, 15) is 19.7 Å². The summed E-state index contributed by atoms with van der Waals surface area (Å²) in [6.45, 7) is 1.57. The van der Waals surface area contributed by atoms with Gasteiger partial charge in [0.15, 0.2) is 0 Å². The van der Waals surface area contributed by atoms with Gasteiger partial charge in [0.05, 0.1) is 11.5 Å². The number of hydrogen-bond donors (Lipinski definition) is 1. The maximum absolute atomic E-state index is 11.2. The van der Waals surface area contributed by atoms with Crippen molar-refractivity contribution >= 4 is 23.4 Å².